The molecular weight excluding hydrogens is 290 g/mol. The lowest BCUT2D eigenvalue weighted by Crippen LogP contribution is -2.32. The van der Waals surface area contributed by atoms with Crippen molar-refractivity contribution in [2.75, 3.05) is 13.1 Å². The Morgan fingerprint density at radius 1 is 1.33 bits per heavy atom. The van der Waals surface area contributed by atoms with Crippen LogP contribution in [0.2, 0.25) is 0 Å². The van der Waals surface area contributed by atoms with Crippen molar-refractivity contribution in [2.45, 2.75) is 31.9 Å². The van der Waals surface area contributed by atoms with Gasteiger partial charge in [-0.25, -0.2) is 0 Å². The third kappa shape index (κ3) is 9.18. The van der Waals surface area contributed by atoms with Crippen LogP contribution in [0, 0.1) is 5.41 Å². The Morgan fingerprint density at radius 3 is 2.71 bits per heavy atom. The molecule has 0 fully saturated rings. The second-order valence-corrected chi connectivity index (χ2v) is 4.60. The van der Waals surface area contributed by atoms with Gasteiger partial charge in [-0.15, -0.1) is 12.4 Å². The first-order chi connectivity index (χ1) is 9.74. The van der Waals surface area contributed by atoms with Gasteiger partial charge in [-0.1, -0.05) is 36.8 Å². The molecule has 0 saturated carbocycles. The van der Waals surface area contributed by atoms with Gasteiger partial charge in [0.05, 0.1) is 0 Å². The number of benzene rings is 1. The van der Waals surface area contributed by atoms with Crippen molar-refractivity contribution in [3.05, 3.63) is 35.9 Å². The molecule has 4 N–H and O–H groups in total. The number of unbranched alkanes of at least 4 members (excludes halogenated alkanes) is 1. The molecular formula is C15H24ClN3O2. The van der Waals surface area contributed by atoms with Crippen LogP contribution >= 0.6 is 12.4 Å². The average molecular weight is 314 g/mol. The molecule has 6 heteroatoms. The number of carbonyl (C=O) groups excluding carboxylic acids is 1. The third-order valence-electron chi connectivity index (χ3n) is 2.89. The summed E-state index contributed by atoms with van der Waals surface area (Å²) in [5.41, 5.74) is 6.75. The lowest BCUT2D eigenvalue weighted by atomic mass is 10.1. The van der Waals surface area contributed by atoms with E-state index < -0.39 is 6.04 Å². The van der Waals surface area contributed by atoms with Gasteiger partial charge in [0.2, 0.25) is 0 Å². The van der Waals surface area contributed by atoms with Gasteiger partial charge < -0.3 is 21.2 Å². The number of hydrogen-bond donors (Lipinski definition) is 3. The van der Waals surface area contributed by atoms with E-state index in [-0.39, 0.29) is 25.0 Å². The standard InChI is InChI=1S/C15H23N3O2.ClH/c16-9-11-18-10-5-4-8-14(17)15(19)20-12-13-6-2-1-3-7-13;/h1-3,6-7,9,14,16,18H,4-5,8,10-12,17H2;1H. The number of esters is 1. The summed E-state index contributed by atoms with van der Waals surface area (Å²) in [5.74, 6) is -0.346. The first-order valence-electron chi connectivity index (χ1n) is 6.90. The molecule has 1 aromatic rings. The summed E-state index contributed by atoms with van der Waals surface area (Å²) in [6.07, 6.45) is 3.76. The molecule has 0 heterocycles. The fraction of sp³-hybridized carbons (Fsp3) is 0.467. The van der Waals surface area contributed by atoms with Gasteiger partial charge in [-0.2, -0.15) is 0 Å². The van der Waals surface area contributed by atoms with Crippen LogP contribution in [0.1, 0.15) is 24.8 Å². The zero-order valence-corrected chi connectivity index (χ0v) is 12.9. The van der Waals surface area contributed by atoms with Crippen molar-refractivity contribution in [1.82, 2.24) is 5.32 Å². The summed E-state index contributed by atoms with van der Waals surface area (Å²) in [7, 11) is 0. The van der Waals surface area contributed by atoms with Crippen molar-refractivity contribution >= 4 is 24.6 Å². The molecule has 0 radical (unpaired) electrons. The maximum Gasteiger partial charge on any atom is 0.323 e. The lowest BCUT2D eigenvalue weighted by molar-refractivity contribution is -0.146. The molecule has 0 aliphatic rings. The Balaban J connectivity index is 0.00000400. The molecule has 1 aromatic carbocycles. The largest absolute Gasteiger partial charge is 0.460 e. The Hall–Kier alpha value is -1.43. The number of carbonyl (C=O) groups is 1. The Morgan fingerprint density at radius 2 is 2.05 bits per heavy atom. The summed E-state index contributed by atoms with van der Waals surface area (Å²) in [5, 5.41) is 9.94. The molecule has 118 valence electrons. The highest BCUT2D eigenvalue weighted by molar-refractivity contribution is 5.85. The predicted molar refractivity (Wildman–Crippen MR) is 87.0 cm³/mol. The minimum Gasteiger partial charge on any atom is -0.460 e. The highest BCUT2D eigenvalue weighted by atomic mass is 35.5. The number of hydrogen-bond acceptors (Lipinski definition) is 5. The molecule has 0 saturated heterocycles. The Labute approximate surface area is 132 Å². The molecule has 0 amide bonds. The highest BCUT2D eigenvalue weighted by Gasteiger charge is 2.14. The van der Waals surface area contributed by atoms with Crippen LogP contribution in [0.4, 0.5) is 0 Å². The molecule has 1 rings (SSSR count). The third-order valence-corrected chi connectivity index (χ3v) is 2.89. The minimum atomic E-state index is -0.554. The van der Waals surface area contributed by atoms with Crippen molar-refractivity contribution < 1.29 is 9.53 Å². The molecule has 0 aromatic heterocycles. The van der Waals surface area contributed by atoms with E-state index in [9.17, 15) is 4.79 Å². The molecule has 1 atom stereocenters. The lowest BCUT2D eigenvalue weighted by Gasteiger charge is -2.11. The van der Waals surface area contributed by atoms with Crippen LogP contribution in [-0.4, -0.2) is 31.3 Å². The topological polar surface area (TPSA) is 88.2 Å². The van der Waals surface area contributed by atoms with E-state index in [1.54, 1.807) is 0 Å². The molecule has 0 spiro atoms. The Bertz CT molecular complexity index is 401. The van der Waals surface area contributed by atoms with E-state index in [0.29, 0.717) is 13.0 Å². The van der Waals surface area contributed by atoms with E-state index >= 15 is 0 Å². The first kappa shape index (κ1) is 19.6. The SMILES string of the molecule is Cl.N=CCNCCCCC(N)C(=O)OCc1ccccc1. The van der Waals surface area contributed by atoms with Crippen LogP contribution in [-0.2, 0) is 16.1 Å². The van der Waals surface area contributed by atoms with E-state index in [4.69, 9.17) is 15.9 Å². The monoisotopic (exact) mass is 313 g/mol. The molecule has 5 nitrogen and oxygen atoms in total. The quantitative estimate of drug-likeness (QED) is 0.350. The fourth-order valence-electron chi connectivity index (χ4n) is 1.74. The van der Waals surface area contributed by atoms with E-state index in [2.05, 4.69) is 5.32 Å². The van der Waals surface area contributed by atoms with Crippen molar-refractivity contribution in [3.8, 4) is 0 Å². The van der Waals surface area contributed by atoms with Crippen molar-refractivity contribution in [3.63, 3.8) is 0 Å². The number of halogens is 1. The maximum atomic E-state index is 11.7. The zero-order chi connectivity index (χ0) is 14.6. The Kier molecular flexibility index (Phi) is 11.5. The molecule has 0 bridgehead atoms. The van der Waals surface area contributed by atoms with Crippen LogP contribution in [0.25, 0.3) is 0 Å². The number of nitrogens with one attached hydrogen (secondary N) is 2. The molecule has 21 heavy (non-hydrogen) atoms. The van der Waals surface area contributed by atoms with Crippen LogP contribution in [0.15, 0.2) is 30.3 Å². The van der Waals surface area contributed by atoms with Gasteiger partial charge in [-0.05, 0) is 24.9 Å². The number of rotatable bonds is 10. The second-order valence-electron chi connectivity index (χ2n) is 4.60. The van der Waals surface area contributed by atoms with Gasteiger partial charge in [-0.3, -0.25) is 4.79 Å². The summed E-state index contributed by atoms with van der Waals surface area (Å²) >= 11 is 0. The van der Waals surface area contributed by atoms with Crippen molar-refractivity contribution in [2.24, 2.45) is 5.73 Å². The molecule has 0 aliphatic carbocycles. The summed E-state index contributed by atoms with van der Waals surface area (Å²) in [4.78, 5) is 11.7. The minimum absolute atomic E-state index is 0. The summed E-state index contributed by atoms with van der Waals surface area (Å²) < 4.78 is 5.18. The van der Waals surface area contributed by atoms with Crippen molar-refractivity contribution in [1.29, 1.82) is 5.41 Å². The predicted octanol–water partition coefficient (Wildman–Crippen LogP) is 1.89. The number of nitrogens with two attached hydrogens (primary N) is 1. The van der Waals surface area contributed by atoms with Gasteiger partial charge >= 0.3 is 5.97 Å². The zero-order valence-electron chi connectivity index (χ0n) is 12.1. The van der Waals surface area contributed by atoms with E-state index in [1.807, 2.05) is 30.3 Å². The highest BCUT2D eigenvalue weighted by Crippen LogP contribution is 2.04. The smallest absolute Gasteiger partial charge is 0.323 e. The fourth-order valence-corrected chi connectivity index (χ4v) is 1.74. The van der Waals surface area contributed by atoms with Crippen LogP contribution in [0.5, 0.6) is 0 Å². The molecule has 1 unspecified atom stereocenters. The maximum absolute atomic E-state index is 11.7. The van der Waals surface area contributed by atoms with Gasteiger partial charge in [0.25, 0.3) is 0 Å². The van der Waals surface area contributed by atoms with Crippen LogP contribution in [0.3, 0.4) is 0 Å². The van der Waals surface area contributed by atoms with E-state index in [0.717, 1.165) is 24.9 Å². The van der Waals surface area contributed by atoms with Crippen LogP contribution < -0.4 is 11.1 Å². The second kappa shape index (κ2) is 12.3. The number of ether oxygens (including phenoxy) is 1. The van der Waals surface area contributed by atoms with Gasteiger partial charge in [0, 0.05) is 12.8 Å². The summed E-state index contributed by atoms with van der Waals surface area (Å²) in [6, 6.07) is 9.00. The molecule has 0 aliphatic heterocycles. The van der Waals surface area contributed by atoms with Gasteiger partial charge in [0.1, 0.15) is 12.6 Å². The normalized spacial score (nSPS) is 11.3. The van der Waals surface area contributed by atoms with Gasteiger partial charge in [0.15, 0.2) is 0 Å². The summed E-state index contributed by atoms with van der Waals surface area (Å²) in [6.45, 7) is 1.70. The average Bonchev–Trinajstić information content (AvgIpc) is 2.49. The van der Waals surface area contributed by atoms with E-state index in [1.165, 1.54) is 6.21 Å². The first-order valence-corrected chi connectivity index (χ1v) is 6.90.